The average Bonchev–Trinajstić information content (AvgIpc) is 2.79. The van der Waals surface area contributed by atoms with E-state index in [1.165, 1.54) is 0 Å². The minimum atomic E-state index is -2.69. The fourth-order valence-corrected chi connectivity index (χ4v) is 4.77. The highest BCUT2D eigenvalue weighted by Crippen LogP contribution is 2.43. The molecule has 0 radical (unpaired) electrons. The van der Waals surface area contributed by atoms with E-state index < -0.39 is 16.3 Å². The lowest BCUT2D eigenvalue weighted by Gasteiger charge is -2.40. The van der Waals surface area contributed by atoms with Crippen molar-refractivity contribution in [3.05, 3.63) is 65.2 Å². The standard InChI is InChI=1S/C24H28N2O4S/c1-3-26(4-2)23(27)18-7-5-17(6-8-18)21-16-24(11-13-25-14-12-24)30-22-10-9-19(31(28)29)15-20(21)22/h5-10,15-16,25,31H,3-4,11-14H2,1-2H3. The molecule has 1 fully saturated rings. The Morgan fingerprint density at radius 2 is 1.74 bits per heavy atom. The Kier molecular flexibility index (Phi) is 6.16. The Bertz CT molecular complexity index is 1070. The molecule has 1 amide bonds. The minimum Gasteiger partial charge on any atom is -0.482 e. The van der Waals surface area contributed by atoms with Crippen LogP contribution in [0.1, 0.15) is 48.2 Å². The third-order valence-corrected chi connectivity index (χ3v) is 6.83. The predicted octanol–water partition coefficient (Wildman–Crippen LogP) is 3.09. The first kappa shape index (κ1) is 21.6. The number of benzene rings is 2. The third kappa shape index (κ3) is 4.25. The van der Waals surface area contributed by atoms with Gasteiger partial charge in [0.25, 0.3) is 5.91 Å². The van der Waals surface area contributed by atoms with Crippen LogP contribution in [0, 0.1) is 0 Å². The van der Waals surface area contributed by atoms with Gasteiger partial charge in [0.05, 0.1) is 4.90 Å². The second-order valence-corrected chi connectivity index (χ2v) is 9.00. The summed E-state index contributed by atoms with van der Waals surface area (Å²) in [6, 6.07) is 12.6. The van der Waals surface area contributed by atoms with Gasteiger partial charge in [-0.25, -0.2) is 8.42 Å². The van der Waals surface area contributed by atoms with Gasteiger partial charge in [-0.2, -0.15) is 0 Å². The van der Waals surface area contributed by atoms with E-state index in [-0.39, 0.29) is 10.8 Å². The molecule has 164 valence electrons. The molecule has 2 aliphatic rings. The smallest absolute Gasteiger partial charge is 0.253 e. The Hall–Kier alpha value is -2.64. The van der Waals surface area contributed by atoms with E-state index in [2.05, 4.69) is 11.4 Å². The van der Waals surface area contributed by atoms with E-state index in [1.807, 2.05) is 38.1 Å². The first-order chi connectivity index (χ1) is 15.0. The molecule has 0 atom stereocenters. The van der Waals surface area contributed by atoms with Crippen LogP contribution >= 0.6 is 0 Å². The van der Waals surface area contributed by atoms with Gasteiger partial charge in [-0.05, 0) is 74.5 Å². The lowest BCUT2D eigenvalue weighted by molar-refractivity contribution is 0.0772. The van der Waals surface area contributed by atoms with Gasteiger partial charge in [0, 0.05) is 37.1 Å². The number of nitrogens with one attached hydrogen (secondary N) is 1. The Morgan fingerprint density at radius 1 is 1.06 bits per heavy atom. The zero-order valence-corrected chi connectivity index (χ0v) is 18.8. The van der Waals surface area contributed by atoms with Crippen molar-refractivity contribution in [2.75, 3.05) is 26.2 Å². The van der Waals surface area contributed by atoms with Crippen LogP contribution in [0.4, 0.5) is 0 Å². The molecule has 31 heavy (non-hydrogen) atoms. The van der Waals surface area contributed by atoms with Gasteiger partial charge in [-0.1, -0.05) is 12.1 Å². The van der Waals surface area contributed by atoms with Crippen molar-refractivity contribution in [1.29, 1.82) is 0 Å². The van der Waals surface area contributed by atoms with E-state index in [1.54, 1.807) is 23.1 Å². The molecular weight excluding hydrogens is 412 g/mol. The average molecular weight is 441 g/mol. The lowest BCUT2D eigenvalue weighted by Crippen LogP contribution is -2.46. The number of fused-ring (bicyclic) bond motifs is 1. The number of piperidine rings is 1. The van der Waals surface area contributed by atoms with Crippen molar-refractivity contribution >= 4 is 22.2 Å². The summed E-state index contributed by atoms with van der Waals surface area (Å²) in [6.45, 7) is 6.99. The number of carbonyl (C=O) groups is 1. The fourth-order valence-electron chi connectivity index (χ4n) is 4.34. The zero-order valence-electron chi connectivity index (χ0n) is 17.9. The molecule has 2 heterocycles. The van der Waals surface area contributed by atoms with Crippen molar-refractivity contribution in [3.8, 4) is 5.75 Å². The molecule has 1 N–H and O–H groups in total. The number of thiol groups is 1. The van der Waals surface area contributed by atoms with Gasteiger partial charge in [-0.15, -0.1) is 0 Å². The molecule has 0 saturated carbocycles. The van der Waals surface area contributed by atoms with Gasteiger partial charge < -0.3 is 15.0 Å². The maximum absolute atomic E-state index is 12.7. The van der Waals surface area contributed by atoms with Crippen LogP contribution in [0.25, 0.3) is 5.57 Å². The Labute approximate surface area is 184 Å². The minimum absolute atomic E-state index is 0.0124. The molecule has 4 rings (SSSR count). The maximum atomic E-state index is 12.7. The number of rotatable bonds is 5. The molecule has 2 aliphatic heterocycles. The molecular formula is C24H28N2O4S. The number of ether oxygens (including phenoxy) is 1. The van der Waals surface area contributed by atoms with Crippen LogP contribution in [0.15, 0.2) is 53.4 Å². The van der Waals surface area contributed by atoms with E-state index in [0.29, 0.717) is 24.4 Å². The fraction of sp³-hybridized carbons (Fsp3) is 0.375. The summed E-state index contributed by atoms with van der Waals surface area (Å²) in [5.41, 5.74) is 2.89. The second-order valence-electron chi connectivity index (χ2n) is 7.97. The zero-order chi connectivity index (χ0) is 22.0. The summed E-state index contributed by atoms with van der Waals surface area (Å²) in [7, 11) is -2.69. The van der Waals surface area contributed by atoms with E-state index in [9.17, 15) is 13.2 Å². The van der Waals surface area contributed by atoms with E-state index >= 15 is 0 Å². The summed E-state index contributed by atoms with van der Waals surface area (Å²) in [5, 5.41) is 3.37. The number of nitrogens with zero attached hydrogens (tertiary/aromatic N) is 1. The molecule has 1 spiro atoms. The van der Waals surface area contributed by atoms with Crippen LogP contribution < -0.4 is 10.1 Å². The van der Waals surface area contributed by atoms with Crippen molar-refractivity contribution < 1.29 is 17.9 Å². The second kappa shape index (κ2) is 8.85. The maximum Gasteiger partial charge on any atom is 0.253 e. The largest absolute Gasteiger partial charge is 0.482 e. The van der Waals surface area contributed by atoms with Crippen molar-refractivity contribution in [1.82, 2.24) is 10.2 Å². The Balaban J connectivity index is 1.77. The molecule has 1 saturated heterocycles. The number of hydrogen-bond donors (Lipinski definition) is 2. The lowest BCUT2D eigenvalue weighted by atomic mass is 9.83. The first-order valence-electron chi connectivity index (χ1n) is 10.8. The van der Waals surface area contributed by atoms with Gasteiger partial charge in [0.1, 0.15) is 11.4 Å². The molecule has 2 aromatic rings. The molecule has 0 bridgehead atoms. The summed E-state index contributed by atoms with van der Waals surface area (Å²) >= 11 is 0. The van der Waals surface area contributed by atoms with E-state index in [4.69, 9.17) is 4.74 Å². The van der Waals surface area contributed by atoms with Crippen molar-refractivity contribution in [2.45, 2.75) is 37.2 Å². The normalized spacial score (nSPS) is 17.1. The SMILES string of the molecule is CCN(CC)C(=O)c1ccc(C2=CC3(CCNCC3)Oc3ccc([SH](=O)=O)cc32)cc1. The van der Waals surface area contributed by atoms with E-state index in [0.717, 1.165) is 42.6 Å². The van der Waals surface area contributed by atoms with Crippen LogP contribution in [0.5, 0.6) is 5.75 Å². The van der Waals surface area contributed by atoms with Gasteiger partial charge in [-0.3, -0.25) is 4.79 Å². The Morgan fingerprint density at radius 3 is 2.35 bits per heavy atom. The van der Waals surface area contributed by atoms with Crippen LogP contribution in [-0.4, -0.2) is 51.0 Å². The molecule has 0 unspecified atom stereocenters. The summed E-state index contributed by atoms with van der Waals surface area (Å²) in [4.78, 5) is 14.7. The highest BCUT2D eigenvalue weighted by molar-refractivity contribution is 7.72. The van der Waals surface area contributed by atoms with Crippen molar-refractivity contribution in [3.63, 3.8) is 0 Å². The van der Waals surface area contributed by atoms with Gasteiger partial charge >= 0.3 is 0 Å². The highest BCUT2D eigenvalue weighted by atomic mass is 32.2. The number of hydrogen-bond acceptors (Lipinski definition) is 5. The molecule has 7 heteroatoms. The van der Waals surface area contributed by atoms with Crippen LogP contribution in [-0.2, 0) is 10.7 Å². The molecule has 0 aliphatic carbocycles. The first-order valence-corrected chi connectivity index (χ1v) is 11.9. The molecule has 6 nitrogen and oxygen atoms in total. The number of amides is 1. The van der Waals surface area contributed by atoms with Gasteiger partial charge in [0.2, 0.25) is 0 Å². The van der Waals surface area contributed by atoms with Crippen molar-refractivity contribution in [2.24, 2.45) is 0 Å². The monoisotopic (exact) mass is 440 g/mol. The summed E-state index contributed by atoms with van der Waals surface area (Å²) in [5.74, 6) is 0.710. The number of carbonyl (C=O) groups excluding carboxylic acids is 1. The quantitative estimate of drug-likeness (QED) is 0.699. The van der Waals surface area contributed by atoms with Gasteiger partial charge in [0.15, 0.2) is 10.7 Å². The molecule has 0 aromatic heterocycles. The summed E-state index contributed by atoms with van der Waals surface area (Å²) < 4.78 is 29.6. The van der Waals surface area contributed by atoms with Crippen LogP contribution in [0.3, 0.4) is 0 Å². The predicted molar refractivity (Wildman–Crippen MR) is 121 cm³/mol. The topological polar surface area (TPSA) is 75.7 Å². The summed E-state index contributed by atoms with van der Waals surface area (Å²) in [6.07, 6.45) is 3.82. The highest BCUT2D eigenvalue weighted by Gasteiger charge is 2.37. The van der Waals surface area contributed by atoms with Crippen LogP contribution in [0.2, 0.25) is 0 Å². The molecule has 2 aromatic carbocycles. The third-order valence-electron chi connectivity index (χ3n) is 6.13.